The minimum Gasteiger partial charge on any atom is -0.390 e. The van der Waals surface area contributed by atoms with Gasteiger partial charge >= 0.3 is 0 Å². The van der Waals surface area contributed by atoms with Crippen LogP contribution in [0, 0.1) is 13.8 Å². The molecule has 122 valence electrons. The van der Waals surface area contributed by atoms with Crippen LogP contribution in [-0.4, -0.2) is 27.3 Å². The second-order valence-electron chi connectivity index (χ2n) is 6.47. The lowest BCUT2D eigenvalue weighted by atomic mass is 9.95. The quantitative estimate of drug-likeness (QED) is 0.810. The first-order chi connectivity index (χ1) is 11.0. The average molecular weight is 313 g/mol. The molecular formula is C18H23N3O2. The van der Waals surface area contributed by atoms with E-state index in [4.69, 9.17) is 0 Å². The summed E-state index contributed by atoms with van der Waals surface area (Å²) in [6, 6.07) is 7.58. The average Bonchev–Trinajstić information content (AvgIpc) is 2.99. The van der Waals surface area contributed by atoms with Gasteiger partial charge in [0.2, 0.25) is 5.91 Å². The number of aliphatic hydroxyl groups excluding tert-OH is 1. The molecule has 0 saturated heterocycles. The number of hydrogen-bond acceptors (Lipinski definition) is 3. The number of aryl methyl sites for hydroxylation is 2. The number of rotatable bonds is 4. The third-order valence-corrected chi connectivity index (χ3v) is 4.69. The predicted molar refractivity (Wildman–Crippen MR) is 88.1 cm³/mol. The van der Waals surface area contributed by atoms with Gasteiger partial charge < -0.3 is 10.4 Å². The fraction of sp³-hybridized carbons (Fsp3) is 0.444. The van der Waals surface area contributed by atoms with E-state index < -0.39 is 6.10 Å². The highest BCUT2D eigenvalue weighted by molar-refractivity contribution is 5.77. The van der Waals surface area contributed by atoms with Crippen LogP contribution in [0.5, 0.6) is 0 Å². The molecule has 0 fully saturated rings. The summed E-state index contributed by atoms with van der Waals surface area (Å²) in [4.78, 5) is 12.4. The molecule has 5 heteroatoms. The lowest BCUT2D eigenvalue weighted by molar-refractivity contribution is -0.122. The molecule has 0 radical (unpaired) electrons. The number of carbonyl (C=O) groups excluding carboxylic acids is 1. The topological polar surface area (TPSA) is 78.0 Å². The molecule has 1 aliphatic carbocycles. The normalized spacial score (nSPS) is 21.0. The highest BCUT2D eigenvalue weighted by Crippen LogP contribution is 2.32. The van der Waals surface area contributed by atoms with Gasteiger partial charge in [0.15, 0.2) is 0 Å². The predicted octanol–water partition coefficient (Wildman–Crippen LogP) is 2.29. The van der Waals surface area contributed by atoms with Gasteiger partial charge in [-0.25, -0.2) is 0 Å². The molecule has 1 unspecified atom stereocenters. The van der Waals surface area contributed by atoms with Crippen LogP contribution in [0.1, 0.15) is 53.4 Å². The molecule has 3 N–H and O–H groups in total. The smallest absolute Gasteiger partial charge is 0.221 e. The molecule has 1 amide bonds. The number of fused-ring (bicyclic) bond motifs is 1. The number of aliphatic hydroxyl groups is 1. The summed E-state index contributed by atoms with van der Waals surface area (Å²) < 4.78 is 0. The van der Waals surface area contributed by atoms with Gasteiger partial charge in [-0.15, -0.1) is 0 Å². The van der Waals surface area contributed by atoms with Crippen LogP contribution >= 0.6 is 0 Å². The number of nitrogens with zero attached hydrogens (tertiary/aromatic N) is 1. The molecule has 1 aliphatic rings. The third-order valence-electron chi connectivity index (χ3n) is 4.69. The van der Waals surface area contributed by atoms with Crippen LogP contribution in [0.2, 0.25) is 0 Å². The SMILES string of the molecule is Cc1n[nH]c(C)c1C(C)CC(=O)N[C@H]1c2ccccc2C[C@H]1O. The maximum absolute atomic E-state index is 12.4. The highest BCUT2D eigenvalue weighted by atomic mass is 16.3. The molecule has 3 rings (SSSR count). The van der Waals surface area contributed by atoms with Crippen molar-refractivity contribution >= 4 is 5.91 Å². The first-order valence-electron chi connectivity index (χ1n) is 8.04. The Kier molecular flexibility index (Phi) is 4.22. The monoisotopic (exact) mass is 313 g/mol. The number of aromatic nitrogens is 2. The summed E-state index contributed by atoms with van der Waals surface area (Å²) in [6.45, 7) is 5.95. The highest BCUT2D eigenvalue weighted by Gasteiger charge is 2.32. The Hall–Kier alpha value is -2.14. The second-order valence-corrected chi connectivity index (χ2v) is 6.47. The van der Waals surface area contributed by atoms with Crippen LogP contribution in [0.3, 0.4) is 0 Å². The Bertz CT molecular complexity index is 703. The van der Waals surface area contributed by atoms with Crippen molar-refractivity contribution in [1.82, 2.24) is 15.5 Å². The molecule has 0 aliphatic heterocycles. The van der Waals surface area contributed by atoms with E-state index in [1.807, 2.05) is 45.0 Å². The minimum atomic E-state index is -0.552. The lowest BCUT2D eigenvalue weighted by Crippen LogP contribution is -2.34. The summed E-state index contributed by atoms with van der Waals surface area (Å²) in [6.07, 6.45) is 0.424. The molecule has 23 heavy (non-hydrogen) atoms. The maximum Gasteiger partial charge on any atom is 0.221 e. The van der Waals surface area contributed by atoms with Crippen molar-refractivity contribution in [3.8, 4) is 0 Å². The molecule has 1 aromatic carbocycles. The van der Waals surface area contributed by atoms with Crippen molar-refractivity contribution in [3.05, 3.63) is 52.3 Å². The maximum atomic E-state index is 12.4. The van der Waals surface area contributed by atoms with E-state index >= 15 is 0 Å². The molecule has 1 heterocycles. The number of amides is 1. The molecule has 5 nitrogen and oxygen atoms in total. The summed E-state index contributed by atoms with van der Waals surface area (Å²) in [5, 5.41) is 20.4. The number of nitrogens with one attached hydrogen (secondary N) is 2. The van der Waals surface area contributed by atoms with E-state index in [1.54, 1.807) is 0 Å². The number of aromatic amines is 1. The summed E-state index contributed by atoms with van der Waals surface area (Å²) >= 11 is 0. The lowest BCUT2D eigenvalue weighted by Gasteiger charge is -2.19. The van der Waals surface area contributed by atoms with Crippen LogP contribution < -0.4 is 5.32 Å². The Balaban J connectivity index is 1.68. The Labute approximate surface area is 136 Å². The molecule has 0 saturated carbocycles. The van der Waals surface area contributed by atoms with E-state index in [0.717, 1.165) is 28.1 Å². The largest absolute Gasteiger partial charge is 0.390 e. The van der Waals surface area contributed by atoms with E-state index in [1.165, 1.54) is 0 Å². The van der Waals surface area contributed by atoms with Crippen LogP contribution in [0.15, 0.2) is 24.3 Å². The van der Waals surface area contributed by atoms with E-state index in [0.29, 0.717) is 12.8 Å². The van der Waals surface area contributed by atoms with Gasteiger partial charge in [0.25, 0.3) is 0 Å². The Morgan fingerprint density at radius 1 is 1.43 bits per heavy atom. The molecular weight excluding hydrogens is 290 g/mol. The first-order valence-corrected chi connectivity index (χ1v) is 8.04. The van der Waals surface area contributed by atoms with Crippen molar-refractivity contribution in [2.75, 3.05) is 0 Å². The van der Waals surface area contributed by atoms with Gasteiger partial charge in [-0.05, 0) is 36.5 Å². The zero-order valence-corrected chi connectivity index (χ0v) is 13.8. The zero-order chi connectivity index (χ0) is 16.6. The molecule has 0 spiro atoms. The second kappa shape index (κ2) is 6.16. The van der Waals surface area contributed by atoms with Crippen molar-refractivity contribution in [2.45, 2.75) is 51.7 Å². The van der Waals surface area contributed by atoms with Gasteiger partial charge in [0.05, 0.1) is 17.8 Å². The number of benzene rings is 1. The summed E-state index contributed by atoms with van der Waals surface area (Å²) in [5.74, 6) is 0.0424. The molecule has 2 aromatic rings. The summed E-state index contributed by atoms with van der Waals surface area (Å²) in [5.41, 5.74) is 5.19. The first kappa shape index (κ1) is 15.7. The van der Waals surface area contributed by atoms with Gasteiger partial charge in [-0.2, -0.15) is 5.10 Å². The summed E-state index contributed by atoms with van der Waals surface area (Å²) in [7, 11) is 0. The Morgan fingerprint density at radius 2 is 2.17 bits per heavy atom. The fourth-order valence-corrected chi connectivity index (χ4v) is 3.65. The van der Waals surface area contributed by atoms with Crippen molar-refractivity contribution < 1.29 is 9.90 Å². The molecule has 1 aromatic heterocycles. The van der Waals surface area contributed by atoms with Crippen LogP contribution in [-0.2, 0) is 11.2 Å². The van der Waals surface area contributed by atoms with Gasteiger partial charge in [-0.1, -0.05) is 31.2 Å². The van der Waals surface area contributed by atoms with E-state index in [-0.39, 0.29) is 17.9 Å². The minimum absolute atomic E-state index is 0.0433. The zero-order valence-electron chi connectivity index (χ0n) is 13.8. The number of H-pyrrole nitrogens is 1. The fourth-order valence-electron chi connectivity index (χ4n) is 3.65. The van der Waals surface area contributed by atoms with Crippen molar-refractivity contribution in [3.63, 3.8) is 0 Å². The number of hydrogen-bond donors (Lipinski definition) is 3. The van der Waals surface area contributed by atoms with Gasteiger partial charge in [-0.3, -0.25) is 9.89 Å². The number of carbonyl (C=O) groups is 1. The molecule has 3 atom stereocenters. The van der Waals surface area contributed by atoms with Crippen LogP contribution in [0.25, 0.3) is 0 Å². The van der Waals surface area contributed by atoms with Crippen LogP contribution in [0.4, 0.5) is 0 Å². The standard InChI is InChI=1S/C18H23N3O2/c1-10(17-11(2)20-21-12(17)3)8-16(23)19-18-14-7-5-4-6-13(14)9-15(18)22/h4-7,10,15,18,22H,8-9H2,1-3H3,(H,19,23)(H,20,21)/t10?,15-,18+/m1/s1. The van der Waals surface area contributed by atoms with Gasteiger partial charge in [0, 0.05) is 18.5 Å². The third kappa shape index (κ3) is 3.01. The van der Waals surface area contributed by atoms with Gasteiger partial charge in [0.1, 0.15) is 0 Å². The van der Waals surface area contributed by atoms with E-state index in [9.17, 15) is 9.90 Å². The molecule has 0 bridgehead atoms. The van der Waals surface area contributed by atoms with Crippen molar-refractivity contribution in [1.29, 1.82) is 0 Å². The Morgan fingerprint density at radius 3 is 2.87 bits per heavy atom. The van der Waals surface area contributed by atoms with E-state index in [2.05, 4.69) is 15.5 Å². The van der Waals surface area contributed by atoms with Crippen molar-refractivity contribution in [2.24, 2.45) is 0 Å².